The SMILES string of the molecule is COc1ccccc1Oc1ccc(NC(=O)CCC(=O)c2ccc(C)cc2)cc1. The van der Waals surface area contributed by atoms with Gasteiger partial charge in [0.1, 0.15) is 5.75 Å². The number of anilines is 1. The maximum absolute atomic E-state index is 12.2. The number of benzene rings is 3. The quantitative estimate of drug-likeness (QED) is 0.524. The normalized spacial score (nSPS) is 10.3. The van der Waals surface area contributed by atoms with Crippen LogP contribution in [0, 0.1) is 6.92 Å². The molecule has 148 valence electrons. The summed E-state index contributed by atoms with van der Waals surface area (Å²) in [6.07, 6.45) is 0.302. The van der Waals surface area contributed by atoms with E-state index in [-0.39, 0.29) is 24.5 Å². The van der Waals surface area contributed by atoms with E-state index in [0.29, 0.717) is 28.5 Å². The van der Waals surface area contributed by atoms with Crippen molar-refractivity contribution in [3.8, 4) is 17.2 Å². The van der Waals surface area contributed by atoms with Crippen molar-refractivity contribution in [2.75, 3.05) is 12.4 Å². The van der Waals surface area contributed by atoms with Crippen LogP contribution in [0.5, 0.6) is 17.2 Å². The zero-order valence-electron chi connectivity index (χ0n) is 16.5. The van der Waals surface area contributed by atoms with E-state index in [1.165, 1.54) is 0 Å². The number of amides is 1. The van der Waals surface area contributed by atoms with Gasteiger partial charge in [-0.2, -0.15) is 0 Å². The molecule has 3 aromatic rings. The Bertz CT molecular complexity index is 979. The number of ketones is 1. The molecule has 0 aliphatic rings. The van der Waals surface area contributed by atoms with Gasteiger partial charge < -0.3 is 14.8 Å². The van der Waals surface area contributed by atoms with Gasteiger partial charge in [-0.25, -0.2) is 0 Å². The van der Waals surface area contributed by atoms with Crippen molar-refractivity contribution in [2.24, 2.45) is 0 Å². The lowest BCUT2D eigenvalue weighted by molar-refractivity contribution is -0.116. The van der Waals surface area contributed by atoms with Gasteiger partial charge in [0.2, 0.25) is 5.91 Å². The van der Waals surface area contributed by atoms with Crippen molar-refractivity contribution in [3.63, 3.8) is 0 Å². The summed E-state index contributed by atoms with van der Waals surface area (Å²) < 4.78 is 11.1. The highest BCUT2D eigenvalue weighted by Crippen LogP contribution is 2.31. The van der Waals surface area contributed by atoms with Crippen LogP contribution in [0.25, 0.3) is 0 Å². The number of hydrogen-bond donors (Lipinski definition) is 1. The van der Waals surface area contributed by atoms with Crippen LogP contribution in [0.4, 0.5) is 5.69 Å². The molecule has 0 fully saturated rings. The maximum Gasteiger partial charge on any atom is 0.224 e. The average Bonchev–Trinajstić information content (AvgIpc) is 2.74. The summed E-state index contributed by atoms with van der Waals surface area (Å²) in [4.78, 5) is 24.3. The van der Waals surface area contributed by atoms with Crippen LogP contribution < -0.4 is 14.8 Å². The van der Waals surface area contributed by atoms with Gasteiger partial charge in [-0.15, -0.1) is 0 Å². The lowest BCUT2D eigenvalue weighted by Crippen LogP contribution is -2.13. The van der Waals surface area contributed by atoms with Crippen molar-refractivity contribution < 1.29 is 19.1 Å². The van der Waals surface area contributed by atoms with Crippen LogP contribution in [0.1, 0.15) is 28.8 Å². The Labute approximate surface area is 170 Å². The predicted octanol–water partition coefficient (Wildman–Crippen LogP) is 5.40. The van der Waals surface area contributed by atoms with Crippen molar-refractivity contribution in [1.82, 2.24) is 0 Å². The molecule has 3 rings (SSSR count). The Kier molecular flexibility index (Phi) is 6.63. The molecule has 0 spiro atoms. The van der Waals surface area contributed by atoms with Crippen LogP contribution in [0.15, 0.2) is 72.8 Å². The van der Waals surface area contributed by atoms with Gasteiger partial charge >= 0.3 is 0 Å². The van der Waals surface area contributed by atoms with Crippen LogP contribution in [0.3, 0.4) is 0 Å². The average molecular weight is 389 g/mol. The third-order valence-corrected chi connectivity index (χ3v) is 4.39. The van der Waals surface area contributed by atoms with Gasteiger partial charge in [-0.05, 0) is 43.3 Å². The first kappa shape index (κ1) is 20.1. The zero-order valence-corrected chi connectivity index (χ0v) is 16.5. The number of methoxy groups -OCH3 is 1. The summed E-state index contributed by atoms with van der Waals surface area (Å²) in [5.41, 5.74) is 2.36. The van der Waals surface area contributed by atoms with E-state index in [2.05, 4.69) is 5.32 Å². The second kappa shape index (κ2) is 9.55. The molecule has 0 saturated carbocycles. The Morgan fingerprint density at radius 1 is 0.828 bits per heavy atom. The molecular weight excluding hydrogens is 366 g/mol. The van der Waals surface area contributed by atoms with Crippen molar-refractivity contribution in [3.05, 3.63) is 83.9 Å². The number of Topliss-reactive ketones (excluding diaryl/α,β-unsaturated/α-hetero) is 1. The fraction of sp³-hybridized carbons (Fsp3) is 0.167. The van der Waals surface area contributed by atoms with E-state index in [9.17, 15) is 9.59 Å². The molecule has 0 aliphatic carbocycles. The highest BCUT2D eigenvalue weighted by molar-refractivity contribution is 6.00. The van der Waals surface area contributed by atoms with E-state index in [0.717, 1.165) is 5.56 Å². The van der Waals surface area contributed by atoms with Crippen LogP contribution in [0.2, 0.25) is 0 Å². The van der Waals surface area contributed by atoms with Gasteiger partial charge in [0.05, 0.1) is 7.11 Å². The van der Waals surface area contributed by atoms with Gasteiger partial charge in [-0.3, -0.25) is 9.59 Å². The van der Waals surface area contributed by atoms with E-state index in [1.807, 2.05) is 43.3 Å². The van der Waals surface area contributed by atoms with Gasteiger partial charge in [-0.1, -0.05) is 42.0 Å². The molecule has 0 saturated heterocycles. The molecule has 3 aromatic carbocycles. The molecule has 5 heteroatoms. The number of rotatable bonds is 8. The highest BCUT2D eigenvalue weighted by atomic mass is 16.5. The van der Waals surface area contributed by atoms with Crippen LogP contribution in [-0.2, 0) is 4.79 Å². The number of hydrogen-bond acceptors (Lipinski definition) is 4. The van der Waals surface area contributed by atoms with Crippen molar-refractivity contribution in [1.29, 1.82) is 0 Å². The summed E-state index contributed by atoms with van der Waals surface area (Å²) in [5, 5.41) is 2.80. The van der Waals surface area contributed by atoms with Gasteiger partial charge in [0, 0.05) is 24.1 Å². The lowest BCUT2D eigenvalue weighted by Gasteiger charge is -2.11. The fourth-order valence-electron chi connectivity index (χ4n) is 2.77. The minimum Gasteiger partial charge on any atom is -0.493 e. The molecule has 0 heterocycles. The minimum absolute atomic E-state index is 0.0410. The van der Waals surface area contributed by atoms with E-state index >= 15 is 0 Å². The number of para-hydroxylation sites is 2. The fourth-order valence-corrected chi connectivity index (χ4v) is 2.77. The Morgan fingerprint density at radius 3 is 2.14 bits per heavy atom. The molecular formula is C24H23NO4. The summed E-state index contributed by atoms with van der Waals surface area (Å²) in [7, 11) is 1.59. The molecule has 0 unspecified atom stereocenters. The third kappa shape index (κ3) is 5.69. The molecule has 0 atom stereocenters. The Morgan fingerprint density at radius 2 is 1.48 bits per heavy atom. The second-order valence-electron chi connectivity index (χ2n) is 6.61. The summed E-state index contributed by atoms with van der Waals surface area (Å²) in [5.74, 6) is 1.64. The van der Waals surface area contributed by atoms with E-state index in [1.54, 1.807) is 43.5 Å². The molecule has 5 nitrogen and oxygen atoms in total. The molecule has 0 bridgehead atoms. The maximum atomic E-state index is 12.2. The zero-order chi connectivity index (χ0) is 20.6. The van der Waals surface area contributed by atoms with Crippen molar-refractivity contribution in [2.45, 2.75) is 19.8 Å². The number of carbonyl (C=O) groups excluding carboxylic acids is 2. The predicted molar refractivity (Wildman–Crippen MR) is 113 cm³/mol. The van der Waals surface area contributed by atoms with Gasteiger partial charge in [0.15, 0.2) is 17.3 Å². The largest absolute Gasteiger partial charge is 0.493 e. The first-order chi connectivity index (χ1) is 14.0. The summed E-state index contributed by atoms with van der Waals surface area (Å²) in [6, 6.07) is 21.8. The summed E-state index contributed by atoms with van der Waals surface area (Å²) in [6.45, 7) is 1.97. The molecule has 0 aromatic heterocycles. The molecule has 0 aliphatic heterocycles. The Hall–Kier alpha value is -3.60. The second-order valence-corrected chi connectivity index (χ2v) is 6.61. The topological polar surface area (TPSA) is 64.6 Å². The summed E-state index contributed by atoms with van der Waals surface area (Å²) >= 11 is 0. The molecule has 29 heavy (non-hydrogen) atoms. The van der Waals surface area contributed by atoms with E-state index < -0.39 is 0 Å². The highest BCUT2D eigenvalue weighted by Gasteiger charge is 2.10. The third-order valence-electron chi connectivity index (χ3n) is 4.39. The number of nitrogens with one attached hydrogen (secondary N) is 1. The number of aryl methyl sites for hydroxylation is 1. The monoisotopic (exact) mass is 389 g/mol. The first-order valence-corrected chi connectivity index (χ1v) is 9.36. The molecule has 0 radical (unpaired) electrons. The van der Waals surface area contributed by atoms with Crippen LogP contribution >= 0.6 is 0 Å². The van der Waals surface area contributed by atoms with E-state index in [4.69, 9.17) is 9.47 Å². The van der Waals surface area contributed by atoms with Crippen LogP contribution in [-0.4, -0.2) is 18.8 Å². The van der Waals surface area contributed by atoms with Crippen molar-refractivity contribution >= 4 is 17.4 Å². The molecule has 1 N–H and O–H groups in total. The van der Waals surface area contributed by atoms with Gasteiger partial charge in [0.25, 0.3) is 0 Å². The lowest BCUT2D eigenvalue weighted by atomic mass is 10.0. The Balaban J connectivity index is 1.52. The number of ether oxygens (including phenoxy) is 2. The smallest absolute Gasteiger partial charge is 0.224 e. The first-order valence-electron chi connectivity index (χ1n) is 9.36. The number of carbonyl (C=O) groups is 2. The molecule has 1 amide bonds. The minimum atomic E-state index is -0.205. The standard InChI is InChI=1S/C24H23NO4/c1-17-7-9-18(10-8-17)21(26)15-16-24(27)25-19-11-13-20(14-12-19)29-23-6-4-3-5-22(23)28-2/h3-14H,15-16H2,1-2H3,(H,25,27).